The Morgan fingerprint density at radius 2 is 1.77 bits per heavy atom. The third-order valence-electron chi connectivity index (χ3n) is 3.67. The molecule has 1 N–H and O–H groups in total. The number of halogens is 1. The highest BCUT2D eigenvalue weighted by molar-refractivity contribution is 8.18. The predicted octanol–water partition coefficient (Wildman–Crippen LogP) is 4.98. The van der Waals surface area contributed by atoms with Crippen LogP contribution in [0.3, 0.4) is 0 Å². The molecule has 0 radical (unpaired) electrons. The molecular formula is C20H13FN2O2S. The third kappa shape index (κ3) is 3.60. The number of nitrogens with one attached hydrogen (secondary N) is 1. The van der Waals surface area contributed by atoms with Crippen molar-refractivity contribution >= 4 is 34.6 Å². The SMILES string of the molecule is O=C1NC(=Nc2ccccc2)S/C1=C\c1ccc(-c2ccc(F)cc2)o1. The van der Waals surface area contributed by atoms with Crippen molar-refractivity contribution in [1.29, 1.82) is 0 Å². The van der Waals surface area contributed by atoms with Crippen LogP contribution in [0.5, 0.6) is 0 Å². The number of furan rings is 1. The van der Waals surface area contributed by atoms with Crippen molar-refractivity contribution < 1.29 is 13.6 Å². The highest BCUT2D eigenvalue weighted by atomic mass is 32.2. The first-order valence-corrected chi connectivity index (χ1v) is 8.69. The summed E-state index contributed by atoms with van der Waals surface area (Å²) < 4.78 is 18.8. The minimum absolute atomic E-state index is 0.218. The Hall–Kier alpha value is -3.12. The van der Waals surface area contributed by atoms with E-state index in [1.165, 1.54) is 23.9 Å². The molecule has 0 saturated carbocycles. The highest BCUT2D eigenvalue weighted by Gasteiger charge is 2.24. The van der Waals surface area contributed by atoms with Gasteiger partial charge in [0.1, 0.15) is 17.3 Å². The van der Waals surface area contributed by atoms with Crippen LogP contribution in [0.25, 0.3) is 17.4 Å². The molecule has 6 heteroatoms. The summed E-state index contributed by atoms with van der Waals surface area (Å²) in [6.07, 6.45) is 1.67. The first kappa shape index (κ1) is 16.4. The van der Waals surface area contributed by atoms with E-state index in [1.54, 1.807) is 30.3 Å². The topological polar surface area (TPSA) is 54.6 Å². The number of benzene rings is 2. The van der Waals surface area contributed by atoms with E-state index in [2.05, 4.69) is 10.3 Å². The smallest absolute Gasteiger partial charge is 0.264 e. The summed E-state index contributed by atoms with van der Waals surface area (Å²) in [5.74, 6) is 0.637. The lowest BCUT2D eigenvalue weighted by atomic mass is 10.2. The average Bonchev–Trinajstić information content (AvgIpc) is 3.24. The number of amidine groups is 1. The second kappa shape index (κ2) is 7.01. The monoisotopic (exact) mass is 364 g/mol. The maximum atomic E-state index is 13.0. The van der Waals surface area contributed by atoms with Crippen molar-refractivity contribution in [3.05, 3.63) is 83.2 Å². The minimum Gasteiger partial charge on any atom is -0.457 e. The van der Waals surface area contributed by atoms with E-state index in [-0.39, 0.29) is 11.7 Å². The summed E-state index contributed by atoms with van der Waals surface area (Å²) in [5.41, 5.74) is 1.54. The van der Waals surface area contributed by atoms with E-state index in [0.29, 0.717) is 21.6 Å². The Morgan fingerprint density at radius 3 is 2.54 bits per heavy atom. The van der Waals surface area contributed by atoms with E-state index >= 15 is 0 Å². The number of nitrogens with zero attached hydrogens (tertiary/aromatic N) is 1. The van der Waals surface area contributed by atoms with Gasteiger partial charge in [-0.1, -0.05) is 18.2 Å². The van der Waals surface area contributed by atoms with E-state index in [9.17, 15) is 9.18 Å². The molecule has 1 fully saturated rings. The fraction of sp³-hybridized carbons (Fsp3) is 0. The largest absolute Gasteiger partial charge is 0.457 e. The van der Waals surface area contributed by atoms with E-state index in [1.807, 2.05) is 30.3 Å². The van der Waals surface area contributed by atoms with Gasteiger partial charge < -0.3 is 9.73 Å². The van der Waals surface area contributed by atoms with Gasteiger partial charge in [0.05, 0.1) is 10.6 Å². The van der Waals surface area contributed by atoms with Crippen LogP contribution in [0, 0.1) is 5.82 Å². The van der Waals surface area contributed by atoms with Gasteiger partial charge in [0, 0.05) is 11.6 Å². The standard InChI is InChI=1S/C20H13FN2O2S/c21-14-8-6-13(7-9-14)17-11-10-16(25-17)12-18-19(24)23-20(26-18)22-15-4-2-1-3-5-15/h1-12H,(H,22,23,24)/b18-12-. The molecule has 128 valence electrons. The van der Waals surface area contributed by atoms with Gasteiger partial charge in [-0.05, 0) is 60.3 Å². The molecule has 2 aromatic carbocycles. The quantitative estimate of drug-likeness (QED) is 0.667. The summed E-state index contributed by atoms with van der Waals surface area (Å²) in [7, 11) is 0. The lowest BCUT2D eigenvalue weighted by Crippen LogP contribution is -2.19. The molecule has 0 unspecified atom stereocenters. The molecule has 1 saturated heterocycles. The van der Waals surface area contributed by atoms with Crippen molar-refractivity contribution in [3.8, 4) is 11.3 Å². The first-order valence-electron chi connectivity index (χ1n) is 7.88. The van der Waals surface area contributed by atoms with Crippen LogP contribution < -0.4 is 5.32 Å². The van der Waals surface area contributed by atoms with Crippen LogP contribution in [-0.4, -0.2) is 11.1 Å². The molecular weight excluding hydrogens is 351 g/mol. The van der Waals surface area contributed by atoms with Crippen molar-refractivity contribution in [2.45, 2.75) is 0 Å². The fourth-order valence-corrected chi connectivity index (χ4v) is 3.25. The third-order valence-corrected chi connectivity index (χ3v) is 4.58. The Bertz CT molecular complexity index is 1010. The Morgan fingerprint density at radius 1 is 1.00 bits per heavy atom. The molecule has 1 aromatic heterocycles. The number of hydrogen-bond donors (Lipinski definition) is 1. The highest BCUT2D eigenvalue weighted by Crippen LogP contribution is 2.30. The number of hydrogen-bond acceptors (Lipinski definition) is 4. The molecule has 0 aliphatic carbocycles. The van der Waals surface area contributed by atoms with Crippen molar-refractivity contribution in [1.82, 2.24) is 5.32 Å². The molecule has 1 aliphatic heterocycles. The average molecular weight is 364 g/mol. The van der Waals surface area contributed by atoms with E-state index in [0.717, 1.165) is 11.3 Å². The van der Waals surface area contributed by atoms with Gasteiger partial charge in [-0.25, -0.2) is 9.38 Å². The normalized spacial score (nSPS) is 17.0. The molecule has 0 spiro atoms. The molecule has 26 heavy (non-hydrogen) atoms. The number of carbonyl (C=O) groups is 1. The van der Waals surface area contributed by atoms with Gasteiger partial charge in [0.2, 0.25) is 0 Å². The molecule has 1 amide bonds. The minimum atomic E-state index is -0.299. The van der Waals surface area contributed by atoms with Gasteiger partial charge in [0.15, 0.2) is 5.17 Å². The lowest BCUT2D eigenvalue weighted by Gasteiger charge is -1.96. The second-order valence-corrected chi connectivity index (χ2v) is 6.56. The van der Waals surface area contributed by atoms with Crippen LogP contribution in [-0.2, 0) is 4.79 Å². The summed E-state index contributed by atoms with van der Waals surface area (Å²) in [6, 6.07) is 19.0. The Kier molecular flexibility index (Phi) is 4.41. The zero-order valence-corrected chi connectivity index (χ0v) is 14.3. The van der Waals surface area contributed by atoms with Crippen molar-refractivity contribution in [2.75, 3.05) is 0 Å². The van der Waals surface area contributed by atoms with E-state index < -0.39 is 0 Å². The maximum Gasteiger partial charge on any atom is 0.264 e. The van der Waals surface area contributed by atoms with Gasteiger partial charge >= 0.3 is 0 Å². The molecule has 3 aromatic rings. The molecule has 2 heterocycles. The zero-order valence-electron chi connectivity index (χ0n) is 13.5. The van der Waals surface area contributed by atoms with Gasteiger partial charge in [-0.2, -0.15) is 0 Å². The summed E-state index contributed by atoms with van der Waals surface area (Å²) in [5, 5.41) is 3.27. The second-order valence-electron chi connectivity index (χ2n) is 5.53. The Balaban J connectivity index is 1.54. The Labute approximate surface area is 153 Å². The van der Waals surface area contributed by atoms with Crippen molar-refractivity contribution in [2.24, 2.45) is 4.99 Å². The maximum absolute atomic E-state index is 13.0. The van der Waals surface area contributed by atoms with E-state index in [4.69, 9.17) is 4.42 Å². The van der Waals surface area contributed by atoms with Crippen LogP contribution in [0.1, 0.15) is 5.76 Å². The predicted molar refractivity (Wildman–Crippen MR) is 101 cm³/mol. The number of carbonyl (C=O) groups excluding carboxylic acids is 1. The van der Waals surface area contributed by atoms with Gasteiger partial charge in [-0.3, -0.25) is 4.79 Å². The van der Waals surface area contributed by atoms with Crippen LogP contribution in [0.4, 0.5) is 10.1 Å². The molecule has 0 atom stereocenters. The molecule has 4 nitrogen and oxygen atoms in total. The first-order chi connectivity index (χ1) is 12.7. The number of para-hydroxylation sites is 1. The number of aliphatic imine (C=N–C) groups is 1. The fourth-order valence-electron chi connectivity index (χ4n) is 2.43. The summed E-state index contributed by atoms with van der Waals surface area (Å²) in [4.78, 5) is 17.0. The molecule has 1 aliphatic rings. The number of amides is 1. The van der Waals surface area contributed by atoms with Gasteiger partial charge in [0.25, 0.3) is 5.91 Å². The van der Waals surface area contributed by atoms with Gasteiger partial charge in [-0.15, -0.1) is 0 Å². The van der Waals surface area contributed by atoms with Crippen LogP contribution in [0.15, 0.2) is 81.0 Å². The van der Waals surface area contributed by atoms with Crippen LogP contribution >= 0.6 is 11.8 Å². The molecule has 4 rings (SSSR count). The zero-order chi connectivity index (χ0) is 17.9. The summed E-state index contributed by atoms with van der Waals surface area (Å²) in [6.45, 7) is 0. The summed E-state index contributed by atoms with van der Waals surface area (Å²) >= 11 is 1.26. The number of thioether (sulfide) groups is 1. The van der Waals surface area contributed by atoms with Crippen molar-refractivity contribution in [3.63, 3.8) is 0 Å². The van der Waals surface area contributed by atoms with Crippen LogP contribution in [0.2, 0.25) is 0 Å². The molecule has 0 bridgehead atoms. The lowest BCUT2D eigenvalue weighted by molar-refractivity contribution is -0.115. The number of rotatable bonds is 3.